The van der Waals surface area contributed by atoms with Crippen LogP contribution in [0.5, 0.6) is 0 Å². The standard InChI is InChI=1S/C16H17N3O4S3/c1-19-9-15(18-10-19)11-5-13(25(2,20)21)7-14(6-11)26(22,23)16-4-3-12(8-17)24-16/h3-7,9-10H,8,17H2,1-2H3. The van der Waals surface area contributed by atoms with Crippen molar-refractivity contribution in [2.24, 2.45) is 12.8 Å². The lowest BCUT2D eigenvalue weighted by atomic mass is 10.2. The van der Waals surface area contributed by atoms with Crippen molar-refractivity contribution in [1.29, 1.82) is 0 Å². The summed E-state index contributed by atoms with van der Waals surface area (Å²) in [6.07, 6.45) is 4.29. The van der Waals surface area contributed by atoms with E-state index in [1.54, 1.807) is 30.2 Å². The first-order valence-corrected chi connectivity index (χ1v) is 11.7. The topological polar surface area (TPSA) is 112 Å². The van der Waals surface area contributed by atoms with Crippen LogP contribution in [0.1, 0.15) is 4.88 Å². The van der Waals surface area contributed by atoms with Crippen molar-refractivity contribution in [3.63, 3.8) is 0 Å². The zero-order valence-electron chi connectivity index (χ0n) is 14.1. The summed E-state index contributed by atoms with van der Waals surface area (Å²) >= 11 is 1.07. The maximum Gasteiger partial charge on any atom is 0.216 e. The van der Waals surface area contributed by atoms with Gasteiger partial charge in [0.2, 0.25) is 9.84 Å². The van der Waals surface area contributed by atoms with Crippen LogP contribution in [-0.2, 0) is 33.3 Å². The maximum atomic E-state index is 13.0. The average molecular weight is 412 g/mol. The van der Waals surface area contributed by atoms with Gasteiger partial charge in [0.25, 0.3) is 0 Å². The number of imidazole rings is 1. The first-order chi connectivity index (χ1) is 12.1. The average Bonchev–Trinajstić information content (AvgIpc) is 3.22. The molecule has 0 aliphatic heterocycles. The molecule has 3 aromatic rings. The van der Waals surface area contributed by atoms with E-state index in [0.29, 0.717) is 11.3 Å². The molecule has 10 heteroatoms. The summed E-state index contributed by atoms with van der Waals surface area (Å²) in [5, 5.41) is 0. The van der Waals surface area contributed by atoms with Crippen molar-refractivity contribution in [1.82, 2.24) is 9.55 Å². The maximum absolute atomic E-state index is 13.0. The Morgan fingerprint density at radius 1 is 1.12 bits per heavy atom. The van der Waals surface area contributed by atoms with E-state index in [9.17, 15) is 16.8 Å². The second kappa shape index (κ2) is 6.62. The van der Waals surface area contributed by atoms with Crippen LogP contribution >= 0.6 is 11.3 Å². The van der Waals surface area contributed by atoms with Crippen molar-refractivity contribution in [3.05, 3.63) is 47.7 Å². The molecule has 0 bridgehead atoms. The molecule has 0 spiro atoms. The third-order valence-electron chi connectivity index (χ3n) is 3.72. The van der Waals surface area contributed by atoms with Gasteiger partial charge in [-0.3, -0.25) is 0 Å². The predicted molar refractivity (Wildman–Crippen MR) is 99.4 cm³/mol. The fourth-order valence-electron chi connectivity index (χ4n) is 2.38. The highest BCUT2D eigenvalue weighted by atomic mass is 32.2. The second-order valence-electron chi connectivity index (χ2n) is 5.82. The highest BCUT2D eigenvalue weighted by molar-refractivity contribution is 7.93. The molecular weight excluding hydrogens is 394 g/mol. The molecule has 26 heavy (non-hydrogen) atoms. The van der Waals surface area contributed by atoms with Gasteiger partial charge in [0.15, 0.2) is 9.84 Å². The van der Waals surface area contributed by atoms with Crippen molar-refractivity contribution in [2.75, 3.05) is 6.26 Å². The Labute approximate surface area is 156 Å². The number of thiophene rings is 1. The zero-order chi connectivity index (χ0) is 19.1. The third kappa shape index (κ3) is 3.58. The highest BCUT2D eigenvalue weighted by Gasteiger charge is 2.23. The smallest absolute Gasteiger partial charge is 0.216 e. The van der Waals surface area contributed by atoms with Crippen molar-refractivity contribution >= 4 is 31.0 Å². The molecule has 0 unspecified atom stereocenters. The number of rotatable bonds is 5. The SMILES string of the molecule is Cn1cnc(-c2cc(S(C)(=O)=O)cc(S(=O)(=O)c3ccc(CN)s3)c2)c1. The molecule has 0 atom stereocenters. The number of sulfone groups is 2. The van der Waals surface area contributed by atoms with Crippen LogP contribution in [0, 0.1) is 0 Å². The Morgan fingerprint density at radius 3 is 2.35 bits per heavy atom. The van der Waals surface area contributed by atoms with E-state index in [1.165, 1.54) is 24.3 Å². The molecule has 2 aromatic heterocycles. The minimum Gasteiger partial charge on any atom is -0.340 e. The number of nitrogens with zero attached hydrogens (tertiary/aromatic N) is 2. The molecule has 138 valence electrons. The molecular formula is C16H17N3O4S3. The Hall–Kier alpha value is -2.01. The number of aryl methyl sites for hydroxylation is 1. The van der Waals surface area contributed by atoms with Gasteiger partial charge in [-0.25, -0.2) is 21.8 Å². The van der Waals surface area contributed by atoms with Crippen LogP contribution in [0.15, 0.2) is 56.9 Å². The van der Waals surface area contributed by atoms with Crippen molar-refractivity contribution in [2.45, 2.75) is 20.5 Å². The van der Waals surface area contributed by atoms with Crippen LogP contribution < -0.4 is 5.73 Å². The molecule has 1 aromatic carbocycles. The van der Waals surface area contributed by atoms with Gasteiger partial charge in [0, 0.05) is 36.5 Å². The quantitative estimate of drug-likeness (QED) is 0.686. The summed E-state index contributed by atoms with van der Waals surface area (Å²) in [6.45, 7) is 0.239. The van der Waals surface area contributed by atoms with Gasteiger partial charge in [0.05, 0.1) is 21.8 Å². The van der Waals surface area contributed by atoms with E-state index >= 15 is 0 Å². The Balaban J connectivity index is 2.23. The fraction of sp³-hybridized carbons (Fsp3) is 0.188. The number of nitrogens with two attached hydrogens (primary N) is 1. The summed E-state index contributed by atoms with van der Waals surface area (Å²) in [5.74, 6) is 0. The van der Waals surface area contributed by atoms with E-state index in [1.807, 2.05) is 0 Å². The van der Waals surface area contributed by atoms with E-state index in [-0.39, 0.29) is 20.5 Å². The van der Waals surface area contributed by atoms with E-state index in [4.69, 9.17) is 5.73 Å². The van der Waals surface area contributed by atoms with Gasteiger partial charge in [-0.15, -0.1) is 11.3 Å². The monoisotopic (exact) mass is 411 g/mol. The molecule has 2 heterocycles. The lowest BCUT2D eigenvalue weighted by Crippen LogP contribution is -2.04. The normalized spacial score (nSPS) is 12.4. The van der Waals surface area contributed by atoms with Gasteiger partial charge < -0.3 is 10.3 Å². The minimum absolute atomic E-state index is 0.0742. The Kier molecular flexibility index (Phi) is 4.78. The largest absolute Gasteiger partial charge is 0.340 e. The molecule has 0 saturated heterocycles. The molecule has 2 N–H and O–H groups in total. The van der Waals surface area contributed by atoms with Crippen molar-refractivity contribution in [3.8, 4) is 11.3 Å². The second-order valence-corrected chi connectivity index (χ2v) is 11.2. The molecule has 0 amide bonds. The van der Waals surface area contributed by atoms with Crippen LogP contribution in [-0.4, -0.2) is 32.6 Å². The Bertz CT molecular complexity index is 1180. The van der Waals surface area contributed by atoms with Gasteiger partial charge in [-0.1, -0.05) is 0 Å². The van der Waals surface area contributed by atoms with Gasteiger partial charge in [0.1, 0.15) is 4.21 Å². The zero-order valence-corrected chi connectivity index (χ0v) is 16.5. The molecule has 0 saturated carbocycles. The first-order valence-electron chi connectivity index (χ1n) is 7.48. The number of hydrogen-bond acceptors (Lipinski definition) is 7. The predicted octanol–water partition coefficient (Wildman–Crippen LogP) is 1.84. The lowest BCUT2D eigenvalue weighted by molar-refractivity contribution is 0.597. The van der Waals surface area contributed by atoms with Gasteiger partial charge >= 0.3 is 0 Å². The number of aromatic nitrogens is 2. The highest BCUT2D eigenvalue weighted by Crippen LogP contribution is 2.32. The van der Waals surface area contributed by atoms with Gasteiger partial charge in [-0.2, -0.15) is 0 Å². The van der Waals surface area contributed by atoms with Crippen molar-refractivity contribution < 1.29 is 16.8 Å². The summed E-state index contributed by atoms with van der Waals surface area (Å²) in [5.41, 5.74) is 6.46. The molecule has 3 rings (SSSR count). The van der Waals surface area contributed by atoms with Crippen LogP contribution in [0.2, 0.25) is 0 Å². The molecule has 0 radical (unpaired) electrons. The van der Waals surface area contributed by atoms with Gasteiger partial charge in [-0.05, 0) is 30.3 Å². The van der Waals surface area contributed by atoms with Crippen LogP contribution in [0.3, 0.4) is 0 Å². The molecule has 0 fully saturated rings. The van der Waals surface area contributed by atoms with Crippen LogP contribution in [0.4, 0.5) is 0 Å². The summed E-state index contributed by atoms with van der Waals surface area (Å²) < 4.78 is 51.9. The number of hydrogen-bond donors (Lipinski definition) is 1. The van der Waals surface area contributed by atoms with E-state index in [2.05, 4.69) is 4.98 Å². The third-order valence-corrected chi connectivity index (χ3v) is 8.15. The molecule has 7 nitrogen and oxygen atoms in total. The first kappa shape index (κ1) is 18.8. The minimum atomic E-state index is -3.87. The summed E-state index contributed by atoms with van der Waals surface area (Å²) in [7, 11) is -5.70. The molecule has 0 aliphatic rings. The molecule has 0 aliphatic carbocycles. The fourth-order valence-corrected chi connectivity index (χ4v) is 5.84. The van der Waals surface area contributed by atoms with Crippen LogP contribution in [0.25, 0.3) is 11.3 Å². The van der Waals surface area contributed by atoms with E-state index in [0.717, 1.165) is 22.5 Å². The lowest BCUT2D eigenvalue weighted by Gasteiger charge is -2.08. The summed E-state index contributed by atoms with van der Waals surface area (Å²) in [6, 6.07) is 7.18. The number of benzene rings is 1. The summed E-state index contributed by atoms with van der Waals surface area (Å²) in [4.78, 5) is 4.75. The van der Waals surface area contributed by atoms with E-state index < -0.39 is 19.7 Å². The Morgan fingerprint density at radius 2 is 1.81 bits per heavy atom.